The summed E-state index contributed by atoms with van der Waals surface area (Å²) in [7, 11) is 0. The Labute approximate surface area is 193 Å². The Morgan fingerprint density at radius 2 is 1.55 bits per heavy atom. The van der Waals surface area contributed by atoms with E-state index in [0.29, 0.717) is 22.7 Å². The number of aliphatic hydroxyl groups excluding tert-OH is 1. The third kappa shape index (κ3) is 4.08. The predicted octanol–water partition coefficient (Wildman–Crippen LogP) is 8.27. The van der Waals surface area contributed by atoms with Crippen LogP contribution in [-0.2, 0) is 0 Å². The monoisotopic (exact) mass is 428 g/mol. The molecule has 4 rings (SSSR count). The fourth-order valence-electron chi connectivity index (χ4n) is 10.0. The van der Waals surface area contributed by atoms with Gasteiger partial charge in [0.1, 0.15) is 0 Å². The highest BCUT2D eigenvalue weighted by Gasteiger charge is 2.61. The molecule has 1 unspecified atom stereocenters. The molecule has 0 aliphatic heterocycles. The van der Waals surface area contributed by atoms with Gasteiger partial charge in [-0.15, -0.1) is 6.58 Å². The summed E-state index contributed by atoms with van der Waals surface area (Å²) in [5, 5.41) is 10.8. The van der Waals surface area contributed by atoms with E-state index in [0.717, 1.165) is 48.3 Å². The normalized spacial score (nSPS) is 48.0. The molecule has 1 N–H and O–H groups in total. The molecular weight excluding hydrogens is 376 g/mol. The quantitative estimate of drug-likeness (QED) is 0.404. The van der Waals surface area contributed by atoms with Crippen molar-refractivity contribution >= 4 is 0 Å². The van der Waals surface area contributed by atoms with E-state index in [4.69, 9.17) is 0 Å². The van der Waals surface area contributed by atoms with Crippen molar-refractivity contribution in [2.45, 2.75) is 118 Å². The lowest BCUT2D eigenvalue weighted by Crippen LogP contribution is -2.56. The molecule has 10 atom stereocenters. The van der Waals surface area contributed by atoms with Gasteiger partial charge >= 0.3 is 0 Å². The van der Waals surface area contributed by atoms with Gasteiger partial charge in [-0.1, -0.05) is 60.0 Å². The van der Waals surface area contributed by atoms with Crippen molar-refractivity contribution in [2.24, 2.45) is 58.2 Å². The smallest absolute Gasteiger partial charge is 0.0574 e. The molecule has 178 valence electrons. The zero-order chi connectivity index (χ0) is 22.4. The van der Waals surface area contributed by atoms with Crippen LogP contribution in [-0.4, -0.2) is 11.2 Å². The maximum atomic E-state index is 10.8. The average Bonchev–Trinajstić information content (AvgIpc) is 3.07. The Kier molecular flexibility index (Phi) is 7.04. The standard InChI is InChI=1S/C30H52O/c1-7-9-23-26-13-12-22-25-15-14-24(21(4)11-8-10-20(2)3)29(25,5)18-16-27(22)30(26,6)19-17-28(23)31/h7,20-28,31H,1,8-19H2,2-6H3/t21-,22+,23+,24-,25+,26?,27+,28-,29-,30+/m1/s1. The second kappa shape index (κ2) is 9.15. The minimum atomic E-state index is -0.0935. The Hall–Kier alpha value is -0.300. The first-order valence-electron chi connectivity index (χ1n) is 14.0. The van der Waals surface area contributed by atoms with Gasteiger partial charge < -0.3 is 5.11 Å². The molecule has 0 heterocycles. The summed E-state index contributed by atoms with van der Waals surface area (Å²) in [5.41, 5.74) is 1.05. The Balaban J connectivity index is 1.49. The molecule has 1 heteroatoms. The number of fused-ring (bicyclic) bond motifs is 5. The van der Waals surface area contributed by atoms with Crippen LogP contribution in [0.2, 0.25) is 0 Å². The zero-order valence-corrected chi connectivity index (χ0v) is 21.4. The fourth-order valence-corrected chi connectivity index (χ4v) is 10.0. The molecule has 0 aromatic heterocycles. The van der Waals surface area contributed by atoms with Crippen LogP contribution in [0.15, 0.2) is 12.7 Å². The van der Waals surface area contributed by atoms with Gasteiger partial charge in [0.05, 0.1) is 6.10 Å². The van der Waals surface area contributed by atoms with Crippen molar-refractivity contribution in [3.05, 3.63) is 12.7 Å². The van der Waals surface area contributed by atoms with Crippen LogP contribution >= 0.6 is 0 Å². The first-order chi connectivity index (χ1) is 14.7. The third-order valence-electron chi connectivity index (χ3n) is 11.6. The molecule has 4 aliphatic carbocycles. The van der Waals surface area contributed by atoms with E-state index in [9.17, 15) is 5.11 Å². The van der Waals surface area contributed by atoms with Crippen molar-refractivity contribution in [3.63, 3.8) is 0 Å². The second-order valence-electron chi connectivity index (χ2n) is 13.4. The molecule has 31 heavy (non-hydrogen) atoms. The summed E-state index contributed by atoms with van der Waals surface area (Å²) in [4.78, 5) is 0. The molecule has 0 aromatic rings. The maximum Gasteiger partial charge on any atom is 0.0574 e. The molecule has 0 bridgehead atoms. The fraction of sp³-hybridized carbons (Fsp3) is 0.933. The largest absolute Gasteiger partial charge is 0.393 e. The molecule has 0 saturated heterocycles. The number of hydrogen-bond donors (Lipinski definition) is 1. The molecular formula is C30H52O. The lowest BCUT2D eigenvalue weighted by atomic mass is 9.43. The third-order valence-corrected chi connectivity index (χ3v) is 11.6. The van der Waals surface area contributed by atoms with E-state index in [1.807, 2.05) is 0 Å². The Bertz CT molecular complexity index is 624. The van der Waals surface area contributed by atoms with Gasteiger partial charge in [-0.2, -0.15) is 0 Å². The highest BCUT2D eigenvalue weighted by Crippen LogP contribution is 2.69. The van der Waals surface area contributed by atoms with E-state index in [-0.39, 0.29) is 6.10 Å². The van der Waals surface area contributed by atoms with Crippen LogP contribution in [0.25, 0.3) is 0 Å². The van der Waals surface area contributed by atoms with E-state index < -0.39 is 0 Å². The summed E-state index contributed by atoms with van der Waals surface area (Å²) in [6.07, 6.45) is 18.2. The summed E-state index contributed by atoms with van der Waals surface area (Å²) < 4.78 is 0. The van der Waals surface area contributed by atoms with Crippen LogP contribution in [0.3, 0.4) is 0 Å². The molecule has 1 nitrogen and oxygen atoms in total. The maximum absolute atomic E-state index is 10.8. The first-order valence-corrected chi connectivity index (χ1v) is 14.0. The number of rotatable bonds is 7. The lowest BCUT2D eigenvalue weighted by Gasteiger charge is -2.62. The summed E-state index contributed by atoms with van der Waals surface area (Å²) >= 11 is 0. The first kappa shape index (κ1) is 23.8. The Morgan fingerprint density at radius 1 is 0.871 bits per heavy atom. The van der Waals surface area contributed by atoms with Gasteiger partial charge in [-0.25, -0.2) is 0 Å². The van der Waals surface area contributed by atoms with E-state index in [2.05, 4.69) is 47.3 Å². The van der Waals surface area contributed by atoms with E-state index in [1.54, 1.807) is 0 Å². The van der Waals surface area contributed by atoms with Crippen LogP contribution in [0.1, 0.15) is 112 Å². The zero-order valence-electron chi connectivity index (χ0n) is 21.4. The van der Waals surface area contributed by atoms with E-state index >= 15 is 0 Å². The van der Waals surface area contributed by atoms with Crippen molar-refractivity contribution in [2.75, 3.05) is 0 Å². The number of hydrogen-bond acceptors (Lipinski definition) is 1. The molecule has 4 aliphatic rings. The molecule has 0 radical (unpaired) electrons. The molecule has 0 aromatic carbocycles. The van der Waals surface area contributed by atoms with Gasteiger partial charge in [-0.05, 0) is 116 Å². The predicted molar refractivity (Wildman–Crippen MR) is 133 cm³/mol. The highest BCUT2D eigenvalue weighted by atomic mass is 16.3. The molecule has 4 fully saturated rings. The minimum absolute atomic E-state index is 0.0935. The van der Waals surface area contributed by atoms with Crippen molar-refractivity contribution in [1.82, 2.24) is 0 Å². The highest BCUT2D eigenvalue weighted by molar-refractivity contribution is 5.11. The Morgan fingerprint density at radius 3 is 2.26 bits per heavy atom. The van der Waals surface area contributed by atoms with Gasteiger partial charge in [0.15, 0.2) is 0 Å². The summed E-state index contributed by atoms with van der Waals surface area (Å²) in [6, 6.07) is 0. The average molecular weight is 429 g/mol. The van der Waals surface area contributed by atoms with E-state index in [1.165, 1.54) is 64.2 Å². The van der Waals surface area contributed by atoms with Gasteiger partial charge in [0.25, 0.3) is 0 Å². The summed E-state index contributed by atoms with van der Waals surface area (Å²) in [5.74, 6) is 6.70. The van der Waals surface area contributed by atoms with Crippen LogP contribution < -0.4 is 0 Å². The SMILES string of the molecule is C=CC[C@H]1C2CC[C@H]3[C@@H]4CC[C@H]([C@H](C)CCCC(C)C)[C@@]4(C)CC[C@@H]3[C@@]2(C)CC[C@H]1O. The van der Waals surface area contributed by atoms with Gasteiger partial charge in [0, 0.05) is 0 Å². The molecule has 4 saturated carbocycles. The topological polar surface area (TPSA) is 20.2 Å². The van der Waals surface area contributed by atoms with Crippen LogP contribution in [0.4, 0.5) is 0 Å². The van der Waals surface area contributed by atoms with Crippen molar-refractivity contribution < 1.29 is 5.11 Å². The van der Waals surface area contributed by atoms with Crippen LogP contribution in [0, 0.1) is 58.2 Å². The molecule has 0 spiro atoms. The lowest BCUT2D eigenvalue weighted by molar-refractivity contribution is -0.152. The molecule has 0 amide bonds. The van der Waals surface area contributed by atoms with Crippen molar-refractivity contribution in [3.8, 4) is 0 Å². The van der Waals surface area contributed by atoms with Gasteiger partial charge in [-0.3, -0.25) is 0 Å². The van der Waals surface area contributed by atoms with Crippen LogP contribution in [0.5, 0.6) is 0 Å². The second-order valence-corrected chi connectivity index (χ2v) is 13.4. The number of allylic oxidation sites excluding steroid dienone is 1. The summed E-state index contributed by atoms with van der Waals surface area (Å²) in [6.45, 7) is 16.7. The number of aliphatic hydroxyl groups is 1. The minimum Gasteiger partial charge on any atom is -0.393 e. The van der Waals surface area contributed by atoms with Crippen molar-refractivity contribution in [1.29, 1.82) is 0 Å². The van der Waals surface area contributed by atoms with Gasteiger partial charge in [0.2, 0.25) is 0 Å².